The largest absolute Gasteiger partial charge is 0.494 e. The topological polar surface area (TPSA) is 218 Å². The van der Waals surface area contributed by atoms with Gasteiger partial charge in [0, 0.05) is 51.9 Å². The minimum Gasteiger partial charge on any atom is -0.494 e. The number of anilines is 4. The molecular weight excluding hydrogens is 720 g/mol. The number of hydrogen-bond donors (Lipinski definition) is 5. The second-order valence-corrected chi connectivity index (χ2v) is 13.9. The first kappa shape index (κ1) is 37.9. The highest BCUT2D eigenvalue weighted by atomic mass is 16.5. The molecule has 56 heavy (non-hydrogen) atoms. The highest BCUT2D eigenvalue weighted by Crippen LogP contribution is 2.37. The van der Waals surface area contributed by atoms with Crippen molar-refractivity contribution in [2.75, 3.05) is 62.4 Å². The fourth-order valence-corrected chi connectivity index (χ4v) is 7.29. The van der Waals surface area contributed by atoms with Crippen LogP contribution in [0.3, 0.4) is 0 Å². The Morgan fingerprint density at radius 3 is 2.48 bits per heavy atom. The highest BCUT2D eigenvalue weighted by molar-refractivity contribution is 6.23. The van der Waals surface area contributed by atoms with Crippen molar-refractivity contribution in [1.29, 1.82) is 0 Å². The molecule has 0 saturated carbocycles. The number of fused-ring (bicyclic) bond motifs is 1. The van der Waals surface area contributed by atoms with E-state index in [0.29, 0.717) is 52.4 Å². The molecule has 5 heterocycles. The van der Waals surface area contributed by atoms with E-state index >= 15 is 0 Å². The zero-order valence-electron chi connectivity index (χ0n) is 31.4. The Morgan fingerprint density at radius 1 is 0.946 bits per heavy atom. The van der Waals surface area contributed by atoms with Crippen molar-refractivity contribution in [3.05, 3.63) is 65.6 Å². The Hall–Kier alpha value is -6.43. The summed E-state index contributed by atoms with van der Waals surface area (Å²) >= 11 is 0. The zero-order chi connectivity index (χ0) is 39.3. The minimum absolute atomic E-state index is 0.0833. The first-order chi connectivity index (χ1) is 27.1. The first-order valence-corrected chi connectivity index (χ1v) is 18.6. The fraction of sp³-hybridized carbons (Fsp3) is 0.395. The number of carbonyl (C=O) groups excluding carboxylic acids is 5. The molecule has 7 rings (SSSR count). The summed E-state index contributed by atoms with van der Waals surface area (Å²) in [5, 5.41) is 27.9. The van der Waals surface area contributed by atoms with Gasteiger partial charge in [-0.15, -0.1) is 10.2 Å². The minimum atomic E-state index is -0.982. The molecule has 18 heteroatoms. The van der Waals surface area contributed by atoms with Crippen molar-refractivity contribution >= 4 is 52.4 Å². The molecule has 4 aromatic rings. The predicted octanol–water partition coefficient (Wildman–Crippen LogP) is 2.09. The Bertz CT molecular complexity index is 2160. The van der Waals surface area contributed by atoms with Crippen LogP contribution in [0.5, 0.6) is 5.75 Å². The van der Waals surface area contributed by atoms with Crippen molar-refractivity contribution in [2.24, 2.45) is 13.0 Å². The number of aryl methyl sites for hydroxylation is 1. The van der Waals surface area contributed by atoms with Crippen LogP contribution >= 0.6 is 0 Å². The van der Waals surface area contributed by atoms with E-state index in [0.717, 1.165) is 56.0 Å². The van der Waals surface area contributed by atoms with Gasteiger partial charge >= 0.3 is 0 Å². The second-order valence-electron chi connectivity index (χ2n) is 13.9. The van der Waals surface area contributed by atoms with Gasteiger partial charge in [-0.2, -0.15) is 5.10 Å². The van der Waals surface area contributed by atoms with Gasteiger partial charge in [0.05, 0.1) is 35.2 Å². The normalized spacial score (nSPS) is 17.2. The lowest BCUT2D eigenvalue weighted by Gasteiger charge is -2.34. The lowest BCUT2D eigenvalue weighted by Crippen LogP contribution is -2.54. The van der Waals surface area contributed by atoms with Crippen LogP contribution in [0.2, 0.25) is 0 Å². The van der Waals surface area contributed by atoms with E-state index in [1.54, 1.807) is 43.4 Å². The summed E-state index contributed by atoms with van der Waals surface area (Å²) in [5.74, 6) is -0.390. The number of benzene rings is 2. The maximum Gasteiger partial charge on any atom is 0.273 e. The van der Waals surface area contributed by atoms with Crippen LogP contribution in [0.25, 0.3) is 11.4 Å². The average molecular weight is 765 g/mol. The third-order valence-corrected chi connectivity index (χ3v) is 10.2. The summed E-state index contributed by atoms with van der Waals surface area (Å²) in [6.45, 7) is 3.91. The van der Waals surface area contributed by atoms with Crippen LogP contribution in [-0.4, -0.2) is 112 Å². The maximum absolute atomic E-state index is 13.3. The molecule has 3 aliphatic rings. The van der Waals surface area contributed by atoms with Crippen LogP contribution in [0, 0.1) is 5.92 Å². The molecule has 18 nitrogen and oxygen atoms in total. The third-order valence-electron chi connectivity index (χ3n) is 10.2. The number of para-hydroxylation sites is 1. The summed E-state index contributed by atoms with van der Waals surface area (Å²) < 4.78 is 7.35. The standard InChI is InChI=1S/C38H44N12O6/c1-39-36(53)32-28(43-27-7-4-6-25(33(27)56-3)34-42-21-48(2)47-34)19-30(45-46-32)41-15-5-14-40-20-22-12-16-49(17-13-22)23-8-9-24-26(18-23)38(55)50(37(24)54)29-10-11-31(51)44-35(29)52/h4,6-9,18-19,21-22,29,40H,5,10-17,20H2,1-3H3,(H,39,53)(H2,41,43,45)(H,44,51,52). The molecule has 2 saturated heterocycles. The van der Waals surface area contributed by atoms with Gasteiger partial charge in [0.1, 0.15) is 12.4 Å². The SMILES string of the molecule is CNC(=O)c1nnc(NCCCNCC2CCN(c3ccc4c(c3)C(=O)N(C3CCC(=O)NC3=O)C4=O)CC2)cc1Nc1cccc(-c2ncn(C)n2)c1OC. The molecule has 1 atom stereocenters. The molecule has 2 aromatic heterocycles. The molecule has 292 valence electrons. The van der Waals surface area contributed by atoms with E-state index in [1.807, 2.05) is 24.3 Å². The van der Waals surface area contributed by atoms with Gasteiger partial charge in [-0.3, -0.25) is 38.9 Å². The lowest BCUT2D eigenvalue weighted by atomic mass is 9.96. The van der Waals surface area contributed by atoms with Crippen molar-refractivity contribution in [1.82, 2.24) is 45.8 Å². The molecule has 1 unspecified atom stereocenters. The lowest BCUT2D eigenvalue weighted by molar-refractivity contribution is -0.136. The summed E-state index contributed by atoms with van der Waals surface area (Å²) in [6.07, 6.45) is 4.58. The van der Waals surface area contributed by atoms with Gasteiger partial charge in [0.2, 0.25) is 11.8 Å². The Kier molecular flexibility index (Phi) is 11.2. The Morgan fingerprint density at radius 2 is 1.75 bits per heavy atom. The predicted molar refractivity (Wildman–Crippen MR) is 206 cm³/mol. The number of nitrogens with zero attached hydrogens (tertiary/aromatic N) is 7. The second kappa shape index (κ2) is 16.5. The van der Waals surface area contributed by atoms with E-state index in [1.165, 1.54) is 7.05 Å². The summed E-state index contributed by atoms with van der Waals surface area (Å²) in [7, 11) is 4.89. The molecule has 5 amide bonds. The van der Waals surface area contributed by atoms with Crippen molar-refractivity contribution in [3.8, 4) is 17.1 Å². The maximum atomic E-state index is 13.3. The van der Waals surface area contributed by atoms with Gasteiger partial charge in [0.15, 0.2) is 23.1 Å². The molecule has 0 radical (unpaired) electrons. The van der Waals surface area contributed by atoms with Gasteiger partial charge in [-0.1, -0.05) is 6.07 Å². The van der Waals surface area contributed by atoms with Crippen molar-refractivity contribution in [3.63, 3.8) is 0 Å². The number of rotatable bonds is 14. The monoisotopic (exact) mass is 764 g/mol. The zero-order valence-corrected chi connectivity index (χ0v) is 31.4. The van der Waals surface area contributed by atoms with E-state index in [4.69, 9.17) is 4.74 Å². The molecule has 5 N–H and O–H groups in total. The number of amides is 5. The van der Waals surface area contributed by atoms with E-state index in [-0.39, 0.29) is 30.0 Å². The number of imide groups is 2. The summed E-state index contributed by atoms with van der Waals surface area (Å²) in [6, 6.07) is 11.6. The van der Waals surface area contributed by atoms with Crippen LogP contribution in [0.15, 0.2) is 48.8 Å². The van der Waals surface area contributed by atoms with Gasteiger partial charge in [-0.05, 0) is 75.0 Å². The van der Waals surface area contributed by atoms with Crippen LogP contribution in [0.1, 0.15) is 63.3 Å². The van der Waals surface area contributed by atoms with Gasteiger partial charge in [0.25, 0.3) is 17.7 Å². The molecule has 0 aliphatic carbocycles. The number of nitrogens with one attached hydrogen (secondary N) is 5. The first-order valence-electron chi connectivity index (χ1n) is 18.6. The molecule has 0 spiro atoms. The van der Waals surface area contributed by atoms with Crippen LogP contribution < -0.4 is 36.2 Å². The van der Waals surface area contributed by atoms with E-state index in [2.05, 4.69) is 51.8 Å². The number of piperidine rings is 2. The quantitative estimate of drug-likeness (QED) is 0.0918. The molecular formula is C38H44N12O6. The molecule has 3 aliphatic heterocycles. The number of aromatic nitrogens is 5. The van der Waals surface area contributed by atoms with Crippen molar-refractivity contribution in [2.45, 2.75) is 38.1 Å². The number of ether oxygens (including phenoxy) is 1. The number of carbonyl (C=O) groups is 5. The number of methoxy groups -OCH3 is 1. The van der Waals surface area contributed by atoms with Crippen molar-refractivity contribution < 1.29 is 28.7 Å². The highest BCUT2D eigenvalue weighted by Gasteiger charge is 2.44. The molecule has 2 aromatic carbocycles. The van der Waals surface area contributed by atoms with E-state index in [9.17, 15) is 24.0 Å². The molecule has 2 fully saturated rings. The van der Waals surface area contributed by atoms with E-state index < -0.39 is 29.7 Å². The van der Waals surface area contributed by atoms with Crippen LogP contribution in [-0.2, 0) is 16.6 Å². The Balaban J connectivity index is 0.879. The van der Waals surface area contributed by atoms with Gasteiger partial charge in [-0.25, -0.2) is 4.98 Å². The summed E-state index contributed by atoms with van der Waals surface area (Å²) in [4.78, 5) is 70.6. The number of hydrogen-bond acceptors (Lipinski definition) is 14. The summed E-state index contributed by atoms with van der Waals surface area (Å²) in [5.41, 5.74) is 3.31. The van der Waals surface area contributed by atoms with Gasteiger partial charge < -0.3 is 30.9 Å². The smallest absolute Gasteiger partial charge is 0.273 e. The third kappa shape index (κ3) is 7.86. The molecule has 0 bridgehead atoms. The average Bonchev–Trinajstić information content (AvgIpc) is 3.75. The Labute approximate surface area is 322 Å². The fourth-order valence-electron chi connectivity index (χ4n) is 7.29. The van der Waals surface area contributed by atoms with Crippen LogP contribution in [0.4, 0.5) is 22.9 Å².